The number of halogens is 2. The van der Waals surface area contributed by atoms with Gasteiger partial charge in [0.15, 0.2) is 5.15 Å². The van der Waals surface area contributed by atoms with E-state index in [0.717, 1.165) is 0 Å². The van der Waals surface area contributed by atoms with E-state index in [1.54, 1.807) is 0 Å². The van der Waals surface area contributed by atoms with Gasteiger partial charge >= 0.3 is 0 Å². The van der Waals surface area contributed by atoms with Crippen molar-refractivity contribution in [1.82, 2.24) is 10.3 Å². The second-order valence-corrected chi connectivity index (χ2v) is 7.15. The molecule has 2 aromatic rings. The highest BCUT2D eigenvalue weighted by Gasteiger charge is 2.20. The van der Waals surface area contributed by atoms with Crippen molar-refractivity contribution in [2.24, 2.45) is 5.73 Å². The van der Waals surface area contributed by atoms with E-state index in [-0.39, 0.29) is 33.0 Å². The van der Waals surface area contributed by atoms with Gasteiger partial charge in [0.05, 0.1) is 6.54 Å². The SMILES string of the molecule is NC(=O)CNC(=O)c1cccc(NS(=O)(=O)c2ccc(Cl)nc2Cl)c1. The highest BCUT2D eigenvalue weighted by molar-refractivity contribution is 7.92. The molecule has 0 fully saturated rings. The third kappa shape index (κ3) is 5.05. The Morgan fingerprint density at radius 3 is 2.52 bits per heavy atom. The van der Waals surface area contributed by atoms with Gasteiger partial charge in [-0.15, -0.1) is 0 Å². The molecular weight excluding hydrogens is 391 g/mol. The Hall–Kier alpha value is -2.36. The van der Waals surface area contributed by atoms with Crippen molar-refractivity contribution in [2.45, 2.75) is 4.90 Å². The van der Waals surface area contributed by atoms with E-state index < -0.39 is 21.8 Å². The summed E-state index contributed by atoms with van der Waals surface area (Å²) in [7, 11) is -4.04. The summed E-state index contributed by atoms with van der Waals surface area (Å²) in [6.07, 6.45) is 0. The van der Waals surface area contributed by atoms with Gasteiger partial charge in [-0.2, -0.15) is 0 Å². The summed E-state index contributed by atoms with van der Waals surface area (Å²) >= 11 is 11.5. The quantitative estimate of drug-likeness (QED) is 0.628. The Morgan fingerprint density at radius 1 is 1.16 bits per heavy atom. The molecule has 2 rings (SSSR count). The summed E-state index contributed by atoms with van der Waals surface area (Å²) in [5.74, 6) is -1.28. The summed E-state index contributed by atoms with van der Waals surface area (Å²) in [5, 5.41) is 2.07. The summed E-state index contributed by atoms with van der Waals surface area (Å²) in [6.45, 7) is -0.332. The fourth-order valence-corrected chi connectivity index (χ4v) is 3.51. The van der Waals surface area contributed by atoms with Gasteiger partial charge in [0.1, 0.15) is 10.0 Å². The van der Waals surface area contributed by atoms with Crippen molar-refractivity contribution < 1.29 is 18.0 Å². The van der Waals surface area contributed by atoms with Crippen LogP contribution in [0.4, 0.5) is 5.69 Å². The molecule has 0 aliphatic heterocycles. The number of anilines is 1. The summed E-state index contributed by atoms with van der Waals surface area (Å²) < 4.78 is 27.1. The molecule has 11 heteroatoms. The van der Waals surface area contributed by atoms with Crippen LogP contribution >= 0.6 is 23.2 Å². The van der Waals surface area contributed by atoms with Crippen LogP contribution in [0.3, 0.4) is 0 Å². The molecule has 4 N–H and O–H groups in total. The number of amides is 2. The third-order valence-electron chi connectivity index (χ3n) is 2.87. The summed E-state index contributed by atoms with van der Waals surface area (Å²) in [4.78, 5) is 26.0. The molecule has 25 heavy (non-hydrogen) atoms. The van der Waals surface area contributed by atoms with Crippen LogP contribution < -0.4 is 15.8 Å². The molecule has 0 spiro atoms. The maximum Gasteiger partial charge on any atom is 0.264 e. The van der Waals surface area contributed by atoms with Crippen LogP contribution in [0.1, 0.15) is 10.4 Å². The molecule has 8 nitrogen and oxygen atoms in total. The average molecular weight is 403 g/mol. The largest absolute Gasteiger partial charge is 0.368 e. The van der Waals surface area contributed by atoms with Gasteiger partial charge in [-0.1, -0.05) is 29.3 Å². The third-order valence-corrected chi connectivity index (χ3v) is 4.89. The number of nitrogens with zero attached hydrogens (tertiary/aromatic N) is 1. The molecule has 0 atom stereocenters. The minimum atomic E-state index is -4.04. The molecule has 1 heterocycles. The molecule has 1 aromatic carbocycles. The number of aromatic nitrogens is 1. The van der Waals surface area contributed by atoms with Gasteiger partial charge in [0.25, 0.3) is 15.9 Å². The highest BCUT2D eigenvalue weighted by Crippen LogP contribution is 2.24. The maximum atomic E-state index is 12.4. The predicted octanol–water partition coefficient (Wildman–Crippen LogP) is 1.40. The lowest BCUT2D eigenvalue weighted by molar-refractivity contribution is -0.117. The molecule has 0 aliphatic rings. The lowest BCUT2D eigenvalue weighted by Crippen LogP contribution is -2.33. The monoisotopic (exact) mass is 402 g/mol. The van der Waals surface area contributed by atoms with E-state index >= 15 is 0 Å². The molecule has 0 bridgehead atoms. The van der Waals surface area contributed by atoms with Crippen molar-refractivity contribution in [1.29, 1.82) is 0 Å². The van der Waals surface area contributed by atoms with Crippen LogP contribution in [-0.2, 0) is 14.8 Å². The zero-order chi connectivity index (χ0) is 18.6. The van der Waals surface area contributed by atoms with Crippen LogP contribution in [0, 0.1) is 0 Å². The molecule has 0 aliphatic carbocycles. The van der Waals surface area contributed by atoms with Crippen molar-refractivity contribution >= 4 is 50.7 Å². The fraction of sp³-hybridized carbons (Fsp3) is 0.0714. The van der Waals surface area contributed by atoms with E-state index in [0.29, 0.717) is 0 Å². The Bertz CT molecular complexity index is 934. The zero-order valence-corrected chi connectivity index (χ0v) is 14.8. The fourth-order valence-electron chi connectivity index (χ4n) is 1.80. The van der Waals surface area contributed by atoms with Gasteiger partial charge in [0, 0.05) is 11.3 Å². The molecule has 0 unspecified atom stereocenters. The topological polar surface area (TPSA) is 131 Å². The first-order chi connectivity index (χ1) is 11.7. The molecular formula is C14H12Cl2N4O4S. The second kappa shape index (κ2) is 7.68. The van der Waals surface area contributed by atoms with Crippen LogP contribution in [-0.4, -0.2) is 31.8 Å². The molecule has 2 amide bonds. The lowest BCUT2D eigenvalue weighted by Gasteiger charge is -2.10. The summed E-state index contributed by atoms with van der Waals surface area (Å²) in [6, 6.07) is 8.16. The number of carbonyl (C=O) groups is 2. The number of primary amides is 1. The Balaban J connectivity index is 2.23. The van der Waals surface area contributed by atoms with Crippen molar-refractivity contribution in [3.63, 3.8) is 0 Å². The van der Waals surface area contributed by atoms with Gasteiger partial charge in [-0.25, -0.2) is 13.4 Å². The summed E-state index contributed by atoms with van der Waals surface area (Å²) in [5.41, 5.74) is 5.21. The van der Waals surface area contributed by atoms with Crippen molar-refractivity contribution in [3.05, 3.63) is 52.3 Å². The number of hydrogen-bond acceptors (Lipinski definition) is 5. The zero-order valence-electron chi connectivity index (χ0n) is 12.5. The molecule has 1 aromatic heterocycles. The first-order valence-corrected chi connectivity index (χ1v) is 8.94. The first kappa shape index (κ1) is 19.0. The Morgan fingerprint density at radius 2 is 1.88 bits per heavy atom. The second-order valence-electron chi connectivity index (χ2n) is 4.76. The average Bonchev–Trinajstić information content (AvgIpc) is 2.52. The number of carbonyl (C=O) groups excluding carboxylic acids is 2. The number of nitrogens with one attached hydrogen (secondary N) is 2. The minimum Gasteiger partial charge on any atom is -0.368 e. The smallest absolute Gasteiger partial charge is 0.264 e. The lowest BCUT2D eigenvalue weighted by atomic mass is 10.2. The number of pyridine rings is 1. The van der Waals surface area contributed by atoms with E-state index in [4.69, 9.17) is 28.9 Å². The molecule has 0 saturated carbocycles. The Labute approximate surface area is 153 Å². The predicted molar refractivity (Wildman–Crippen MR) is 93.0 cm³/mol. The van der Waals surface area contributed by atoms with Gasteiger partial charge in [-0.3, -0.25) is 14.3 Å². The van der Waals surface area contributed by atoms with E-state index in [9.17, 15) is 18.0 Å². The van der Waals surface area contributed by atoms with Crippen LogP contribution in [0.25, 0.3) is 0 Å². The van der Waals surface area contributed by atoms with Gasteiger partial charge in [-0.05, 0) is 30.3 Å². The molecule has 0 saturated heterocycles. The van der Waals surface area contributed by atoms with Gasteiger partial charge < -0.3 is 11.1 Å². The Kier molecular flexibility index (Phi) is 5.83. The van der Waals surface area contributed by atoms with E-state index in [1.807, 2.05) is 0 Å². The van der Waals surface area contributed by atoms with E-state index in [1.165, 1.54) is 36.4 Å². The van der Waals surface area contributed by atoms with Crippen LogP contribution in [0.5, 0.6) is 0 Å². The molecule has 132 valence electrons. The first-order valence-electron chi connectivity index (χ1n) is 6.70. The number of sulfonamides is 1. The van der Waals surface area contributed by atoms with Crippen LogP contribution in [0.15, 0.2) is 41.3 Å². The van der Waals surface area contributed by atoms with Crippen LogP contribution in [0.2, 0.25) is 10.3 Å². The normalized spacial score (nSPS) is 11.0. The number of benzene rings is 1. The maximum absolute atomic E-state index is 12.4. The van der Waals surface area contributed by atoms with Crippen molar-refractivity contribution in [2.75, 3.05) is 11.3 Å². The number of rotatable bonds is 6. The number of nitrogens with two attached hydrogens (primary N) is 1. The van der Waals surface area contributed by atoms with Gasteiger partial charge in [0.2, 0.25) is 5.91 Å². The standard InChI is InChI=1S/C14H12Cl2N4O4S/c15-11-5-4-10(13(16)19-11)25(23,24)20-9-3-1-2-8(6-9)14(22)18-7-12(17)21/h1-6,20H,7H2,(H2,17,21)(H,18,22). The van der Waals surface area contributed by atoms with E-state index in [2.05, 4.69) is 15.0 Å². The van der Waals surface area contributed by atoms with Crippen molar-refractivity contribution in [3.8, 4) is 0 Å². The molecule has 0 radical (unpaired) electrons. The minimum absolute atomic E-state index is 0.0528. The highest BCUT2D eigenvalue weighted by atomic mass is 35.5. The number of hydrogen-bond donors (Lipinski definition) is 3.